The van der Waals surface area contributed by atoms with Gasteiger partial charge in [0.25, 0.3) is 0 Å². The van der Waals surface area contributed by atoms with Crippen LogP contribution in [0.2, 0.25) is 0 Å². The maximum Gasteiger partial charge on any atom is 0.308 e. The number of carbonyl (C=O) groups is 2. The van der Waals surface area contributed by atoms with Crippen LogP contribution in [0.5, 0.6) is 0 Å². The molecule has 4 nitrogen and oxygen atoms in total. The average Bonchev–Trinajstić information content (AvgIpc) is 2.07. The maximum atomic E-state index is 11.1. The zero-order valence-corrected chi connectivity index (χ0v) is 9.15. The molecule has 2 atom stereocenters. The minimum absolute atomic E-state index is 0.307. The van der Waals surface area contributed by atoms with E-state index < -0.39 is 29.2 Å². The Morgan fingerprint density at radius 3 is 2.27 bits per heavy atom. The summed E-state index contributed by atoms with van der Waals surface area (Å²) in [7, 11) is 0. The summed E-state index contributed by atoms with van der Waals surface area (Å²) < 4.78 is 0. The van der Waals surface area contributed by atoms with Crippen LogP contribution >= 0.6 is 0 Å². The fraction of sp³-hybridized carbons (Fsp3) is 0.636. The number of aliphatic carboxylic acids is 2. The van der Waals surface area contributed by atoms with Crippen molar-refractivity contribution >= 4 is 11.9 Å². The van der Waals surface area contributed by atoms with Gasteiger partial charge in [0.1, 0.15) is 0 Å². The van der Waals surface area contributed by atoms with E-state index in [1.54, 1.807) is 13.8 Å². The van der Waals surface area contributed by atoms with Crippen molar-refractivity contribution in [2.45, 2.75) is 27.2 Å². The molecule has 4 heteroatoms. The Morgan fingerprint density at radius 2 is 1.87 bits per heavy atom. The van der Waals surface area contributed by atoms with Crippen LogP contribution < -0.4 is 0 Å². The second-order valence-electron chi connectivity index (χ2n) is 4.61. The van der Waals surface area contributed by atoms with Gasteiger partial charge in [0.2, 0.25) is 0 Å². The molecule has 0 aromatic rings. The zero-order chi connectivity index (χ0) is 11.8. The van der Waals surface area contributed by atoms with Crippen molar-refractivity contribution in [3.05, 3.63) is 11.6 Å². The SMILES string of the molecule is CC1=CC[C@@H](C(=O)O)[C@@H](C(=O)O)C1(C)C. The lowest BCUT2D eigenvalue weighted by Gasteiger charge is -2.39. The molecular weight excluding hydrogens is 196 g/mol. The molecule has 0 fully saturated rings. The first kappa shape index (κ1) is 11.8. The monoisotopic (exact) mass is 212 g/mol. The molecule has 0 aromatic heterocycles. The van der Waals surface area contributed by atoms with Crippen LogP contribution in [0.4, 0.5) is 0 Å². The van der Waals surface area contributed by atoms with Gasteiger partial charge in [0, 0.05) is 0 Å². The van der Waals surface area contributed by atoms with Crippen LogP contribution in [0.25, 0.3) is 0 Å². The Morgan fingerprint density at radius 1 is 1.33 bits per heavy atom. The van der Waals surface area contributed by atoms with E-state index in [4.69, 9.17) is 10.2 Å². The molecular formula is C11H16O4. The van der Waals surface area contributed by atoms with Gasteiger partial charge in [-0.15, -0.1) is 0 Å². The predicted molar refractivity (Wildman–Crippen MR) is 54.4 cm³/mol. The summed E-state index contributed by atoms with van der Waals surface area (Å²) in [5.41, 5.74) is 0.361. The Kier molecular flexibility index (Phi) is 2.88. The molecule has 0 aromatic carbocycles. The molecule has 15 heavy (non-hydrogen) atoms. The zero-order valence-electron chi connectivity index (χ0n) is 9.15. The van der Waals surface area contributed by atoms with Gasteiger partial charge in [-0.25, -0.2) is 0 Å². The van der Waals surface area contributed by atoms with Crippen molar-refractivity contribution in [3.63, 3.8) is 0 Å². The summed E-state index contributed by atoms with van der Waals surface area (Å²) >= 11 is 0. The van der Waals surface area contributed by atoms with Crippen molar-refractivity contribution in [2.24, 2.45) is 17.3 Å². The van der Waals surface area contributed by atoms with Crippen molar-refractivity contribution < 1.29 is 19.8 Å². The minimum atomic E-state index is -1.03. The van der Waals surface area contributed by atoms with Crippen LogP contribution in [0.15, 0.2) is 11.6 Å². The molecule has 0 bridgehead atoms. The second-order valence-corrected chi connectivity index (χ2v) is 4.61. The lowest BCUT2D eigenvalue weighted by molar-refractivity contribution is -0.158. The van der Waals surface area contributed by atoms with Gasteiger partial charge < -0.3 is 10.2 Å². The second kappa shape index (κ2) is 3.68. The number of allylic oxidation sites excluding steroid dienone is 2. The van der Waals surface area contributed by atoms with Gasteiger partial charge in [-0.1, -0.05) is 25.5 Å². The fourth-order valence-corrected chi connectivity index (χ4v) is 2.18. The standard InChI is InChI=1S/C11H16O4/c1-6-4-5-7(9(12)13)8(10(14)15)11(6,2)3/h4,7-8H,5H2,1-3H3,(H,12,13)(H,14,15)/t7-,8+/m1/s1. The van der Waals surface area contributed by atoms with Gasteiger partial charge in [0.15, 0.2) is 0 Å². The van der Waals surface area contributed by atoms with E-state index in [0.717, 1.165) is 5.57 Å². The number of carboxylic acids is 2. The Bertz CT molecular complexity index is 327. The molecule has 0 aliphatic heterocycles. The molecule has 0 unspecified atom stereocenters. The smallest absolute Gasteiger partial charge is 0.308 e. The number of carboxylic acid groups (broad SMARTS) is 2. The minimum Gasteiger partial charge on any atom is -0.481 e. The molecule has 0 heterocycles. The Labute approximate surface area is 88.6 Å². The lowest BCUT2D eigenvalue weighted by Crippen LogP contribution is -2.43. The quantitative estimate of drug-likeness (QED) is 0.684. The Hall–Kier alpha value is -1.32. The highest BCUT2D eigenvalue weighted by Crippen LogP contribution is 2.44. The highest BCUT2D eigenvalue weighted by Gasteiger charge is 2.47. The third-order valence-electron chi connectivity index (χ3n) is 3.46. The van der Waals surface area contributed by atoms with E-state index in [2.05, 4.69) is 0 Å². The van der Waals surface area contributed by atoms with E-state index in [1.165, 1.54) is 0 Å². The maximum absolute atomic E-state index is 11.1. The van der Waals surface area contributed by atoms with E-state index >= 15 is 0 Å². The van der Waals surface area contributed by atoms with Gasteiger partial charge in [-0.2, -0.15) is 0 Å². The van der Waals surface area contributed by atoms with E-state index in [-0.39, 0.29) is 0 Å². The predicted octanol–water partition coefficient (Wildman–Crippen LogP) is 1.76. The molecule has 1 aliphatic rings. The molecule has 0 saturated heterocycles. The summed E-state index contributed by atoms with van der Waals surface area (Å²) in [6.07, 6.45) is 2.14. The normalized spacial score (nSPS) is 29.4. The number of hydrogen-bond donors (Lipinski definition) is 2. The van der Waals surface area contributed by atoms with Crippen LogP contribution in [0.3, 0.4) is 0 Å². The first-order valence-electron chi connectivity index (χ1n) is 4.91. The molecule has 0 spiro atoms. The molecule has 1 aliphatic carbocycles. The lowest BCUT2D eigenvalue weighted by atomic mass is 9.63. The molecule has 0 amide bonds. The number of hydrogen-bond acceptors (Lipinski definition) is 2. The summed E-state index contributed by atoms with van der Waals surface area (Å²) in [4.78, 5) is 22.1. The molecule has 0 radical (unpaired) electrons. The van der Waals surface area contributed by atoms with Crippen LogP contribution in [0.1, 0.15) is 27.2 Å². The van der Waals surface area contributed by atoms with Crippen molar-refractivity contribution in [3.8, 4) is 0 Å². The highest BCUT2D eigenvalue weighted by molar-refractivity contribution is 5.81. The first-order valence-corrected chi connectivity index (χ1v) is 4.91. The van der Waals surface area contributed by atoms with Crippen molar-refractivity contribution in [2.75, 3.05) is 0 Å². The summed E-state index contributed by atoms with van der Waals surface area (Å²) in [5.74, 6) is -3.72. The van der Waals surface area contributed by atoms with E-state index in [0.29, 0.717) is 6.42 Å². The van der Waals surface area contributed by atoms with Crippen LogP contribution in [-0.4, -0.2) is 22.2 Å². The summed E-state index contributed by atoms with van der Waals surface area (Å²) in [5, 5.41) is 18.1. The summed E-state index contributed by atoms with van der Waals surface area (Å²) in [6.45, 7) is 5.42. The molecule has 2 N–H and O–H groups in total. The van der Waals surface area contributed by atoms with E-state index in [1.807, 2.05) is 13.0 Å². The third-order valence-corrected chi connectivity index (χ3v) is 3.46. The van der Waals surface area contributed by atoms with Gasteiger partial charge in [-0.3, -0.25) is 9.59 Å². The fourth-order valence-electron chi connectivity index (χ4n) is 2.18. The molecule has 1 rings (SSSR count). The van der Waals surface area contributed by atoms with Crippen molar-refractivity contribution in [1.82, 2.24) is 0 Å². The first-order chi connectivity index (χ1) is 6.78. The van der Waals surface area contributed by atoms with Gasteiger partial charge >= 0.3 is 11.9 Å². The third kappa shape index (κ3) is 1.89. The molecule has 0 saturated carbocycles. The average molecular weight is 212 g/mol. The van der Waals surface area contributed by atoms with E-state index in [9.17, 15) is 9.59 Å². The molecule has 84 valence electrons. The summed E-state index contributed by atoms with van der Waals surface area (Å²) in [6, 6.07) is 0. The van der Waals surface area contributed by atoms with Gasteiger partial charge in [0.05, 0.1) is 11.8 Å². The largest absolute Gasteiger partial charge is 0.481 e. The van der Waals surface area contributed by atoms with Gasteiger partial charge in [-0.05, 0) is 18.8 Å². The van der Waals surface area contributed by atoms with Crippen LogP contribution in [0, 0.1) is 17.3 Å². The number of rotatable bonds is 2. The van der Waals surface area contributed by atoms with Crippen LogP contribution in [-0.2, 0) is 9.59 Å². The Balaban J connectivity index is 3.17. The topological polar surface area (TPSA) is 74.6 Å². The highest BCUT2D eigenvalue weighted by atomic mass is 16.4. The van der Waals surface area contributed by atoms with Crippen molar-refractivity contribution in [1.29, 1.82) is 0 Å².